The standard InChI is InChI=1S/C13H16N4O4/c14-9-10-13(17-3-7-20-8-4-17)21-11(15-10)12(18)16-1-5-19-6-2-16/h1-8H2. The van der Waals surface area contributed by atoms with Crippen molar-refractivity contribution in [3.05, 3.63) is 11.6 Å². The SMILES string of the molecule is N#Cc1nc(C(=O)N2CCOCC2)oc1N1CCOCC1. The molecule has 2 saturated heterocycles. The predicted octanol–water partition coefficient (Wildman–Crippen LogP) is -0.145. The van der Waals surface area contributed by atoms with Crippen molar-refractivity contribution in [3.8, 4) is 6.07 Å². The van der Waals surface area contributed by atoms with Crippen LogP contribution in [0.2, 0.25) is 0 Å². The number of rotatable bonds is 2. The Morgan fingerprint density at radius 3 is 2.33 bits per heavy atom. The summed E-state index contributed by atoms with van der Waals surface area (Å²) in [4.78, 5) is 19.9. The third kappa shape index (κ3) is 2.84. The Balaban J connectivity index is 1.81. The Morgan fingerprint density at radius 1 is 1.10 bits per heavy atom. The zero-order chi connectivity index (χ0) is 14.7. The van der Waals surface area contributed by atoms with Crippen LogP contribution < -0.4 is 4.90 Å². The summed E-state index contributed by atoms with van der Waals surface area (Å²) < 4.78 is 16.0. The summed E-state index contributed by atoms with van der Waals surface area (Å²) in [6, 6.07) is 1.99. The van der Waals surface area contributed by atoms with Gasteiger partial charge in [-0.1, -0.05) is 0 Å². The molecule has 1 aromatic heterocycles. The van der Waals surface area contributed by atoms with Crippen LogP contribution in [0.5, 0.6) is 0 Å². The van der Waals surface area contributed by atoms with E-state index < -0.39 is 0 Å². The molecule has 0 atom stereocenters. The Labute approximate surface area is 121 Å². The summed E-state index contributed by atoms with van der Waals surface area (Å²) in [5.74, 6) is 0.0293. The molecule has 0 spiro atoms. The van der Waals surface area contributed by atoms with E-state index in [1.165, 1.54) is 0 Å². The molecule has 112 valence electrons. The molecule has 3 rings (SSSR count). The van der Waals surface area contributed by atoms with E-state index in [2.05, 4.69) is 4.98 Å². The number of oxazole rings is 1. The lowest BCUT2D eigenvalue weighted by Crippen LogP contribution is -2.40. The zero-order valence-electron chi connectivity index (χ0n) is 11.6. The first-order valence-electron chi connectivity index (χ1n) is 6.90. The summed E-state index contributed by atoms with van der Waals surface area (Å²) in [6.07, 6.45) is 0. The highest BCUT2D eigenvalue weighted by molar-refractivity contribution is 5.90. The minimum Gasteiger partial charge on any atom is -0.415 e. The van der Waals surface area contributed by atoms with Gasteiger partial charge >= 0.3 is 5.91 Å². The number of amides is 1. The number of nitrogens with zero attached hydrogens (tertiary/aromatic N) is 4. The van der Waals surface area contributed by atoms with Gasteiger partial charge in [-0.15, -0.1) is 0 Å². The average molecular weight is 292 g/mol. The summed E-state index contributed by atoms with van der Waals surface area (Å²) in [6.45, 7) is 4.41. The molecule has 21 heavy (non-hydrogen) atoms. The first kappa shape index (κ1) is 13.9. The maximum Gasteiger partial charge on any atom is 0.309 e. The van der Waals surface area contributed by atoms with E-state index in [4.69, 9.17) is 13.9 Å². The van der Waals surface area contributed by atoms with E-state index in [-0.39, 0.29) is 17.5 Å². The second kappa shape index (κ2) is 6.11. The lowest BCUT2D eigenvalue weighted by atomic mass is 10.4. The van der Waals surface area contributed by atoms with E-state index in [1.54, 1.807) is 4.90 Å². The summed E-state index contributed by atoms with van der Waals surface area (Å²) in [5, 5.41) is 9.18. The average Bonchev–Trinajstić information content (AvgIpc) is 3.00. The van der Waals surface area contributed by atoms with Gasteiger partial charge in [-0.05, 0) is 0 Å². The number of aromatic nitrogens is 1. The maximum absolute atomic E-state index is 12.3. The number of carbonyl (C=O) groups is 1. The molecule has 0 N–H and O–H groups in total. The van der Waals surface area contributed by atoms with Gasteiger partial charge in [0.25, 0.3) is 5.89 Å². The van der Waals surface area contributed by atoms with Crippen LogP contribution in [0, 0.1) is 11.3 Å². The van der Waals surface area contributed by atoms with E-state index in [1.807, 2.05) is 11.0 Å². The van der Waals surface area contributed by atoms with Crippen molar-refractivity contribution in [1.29, 1.82) is 5.26 Å². The van der Waals surface area contributed by atoms with Crippen LogP contribution in [0.3, 0.4) is 0 Å². The van der Waals surface area contributed by atoms with Crippen molar-refractivity contribution in [2.75, 3.05) is 57.5 Å². The highest BCUT2D eigenvalue weighted by Crippen LogP contribution is 2.23. The molecule has 1 amide bonds. The number of nitriles is 1. The largest absolute Gasteiger partial charge is 0.415 e. The quantitative estimate of drug-likeness (QED) is 0.748. The van der Waals surface area contributed by atoms with Crippen LogP contribution >= 0.6 is 0 Å². The van der Waals surface area contributed by atoms with Crippen LogP contribution in [0.15, 0.2) is 4.42 Å². The number of morpholine rings is 2. The third-order valence-corrected chi connectivity index (χ3v) is 3.49. The highest BCUT2D eigenvalue weighted by Gasteiger charge is 2.28. The first-order valence-corrected chi connectivity index (χ1v) is 6.90. The van der Waals surface area contributed by atoms with Gasteiger partial charge in [0.2, 0.25) is 11.6 Å². The van der Waals surface area contributed by atoms with E-state index >= 15 is 0 Å². The Hall–Kier alpha value is -2.11. The van der Waals surface area contributed by atoms with Crippen molar-refractivity contribution in [3.63, 3.8) is 0 Å². The molecule has 2 aliphatic rings. The fourth-order valence-electron chi connectivity index (χ4n) is 2.36. The van der Waals surface area contributed by atoms with Crippen LogP contribution in [0.1, 0.15) is 16.4 Å². The summed E-state index contributed by atoms with van der Waals surface area (Å²) >= 11 is 0. The lowest BCUT2D eigenvalue weighted by Gasteiger charge is -2.26. The van der Waals surface area contributed by atoms with Gasteiger partial charge < -0.3 is 23.7 Å². The second-order valence-corrected chi connectivity index (χ2v) is 4.79. The molecule has 8 heteroatoms. The second-order valence-electron chi connectivity index (χ2n) is 4.79. The molecule has 0 bridgehead atoms. The van der Waals surface area contributed by atoms with E-state index in [0.717, 1.165) is 0 Å². The molecule has 0 aliphatic carbocycles. The number of ether oxygens (including phenoxy) is 2. The van der Waals surface area contributed by atoms with Crippen molar-refractivity contribution in [2.24, 2.45) is 0 Å². The smallest absolute Gasteiger partial charge is 0.309 e. The molecule has 1 aromatic rings. The van der Waals surface area contributed by atoms with E-state index in [0.29, 0.717) is 58.5 Å². The van der Waals surface area contributed by atoms with Crippen molar-refractivity contribution in [1.82, 2.24) is 9.88 Å². The molecule has 2 aliphatic heterocycles. The van der Waals surface area contributed by atoms with Crippen molar-refractivity contribution >= 4 is 11.8 Å². The topological polar surface area (TPSA) is 91.8 Å². The van der Waals surface area contributed by atoms with Gasteiger partial charge in [0, 0.05) is 26.2 Å². The molecule has 0 aromatic carbocycles. The van der Waals surface area contributed by atoms with Gasteiger partial charge in [0.1, 0.15) is 6.07 Å². The lowest BCUT2D eigenvalue weighted by molar-refractivity contribution is 0.0277. The summed E-state index contributed by atoms with van der Waals surface area (Å²) in [7, 11) is 0. The van der Waals surface area contributed by atoms with Crippen LogP contribution in [0.25, 0.3) is 0 Å². The normalized spacial score (nSPS) is 19.4. The van der Waals surface area contributed by atoms with Gasteiger partial charge in [0.15, 0.2) is 0 Å². The minimum atomic E-state index is -0.297. The minimum absolute atomic E-state index is 0.0325. The van der Waals surface area contributed by atoms with Crippen LogP contribution in [0.4, 0.5) is 5.88 Å². The third-order valence-electron chi connectivity index (χ3n) is 3.49. The monoisotopic (exact) mass is 292 g/mol. The van der Waals surface area contributed by atoms with Gasteiger partial charge in [-0.2, -0.15) is 10.2 Å². The maximum atomic E-state index is 12.3. The summed E-state index contributed by atoms with van der Waals surface area (Å²) in [5.41, 5.74) is 0.147. The van der Waals surface area contributed by atoms with Crippen molar-refractivity contribution < 1.29 is 18.7 Å². The van der Waals surface area contributed by atoms with Crippen LogP contribution in [-0.2, 0) is 9.47 Å². The molecule has 0 unspecified atom stereocenters. The van der Waals surface area contributed by atoms with Crippen molar-refractivity contribution in [2.45, 2.75) is 0 Å². The van der Waals surface area contributed by atoms with Crippen LogP contribution in [-0.4, -0.2) is 68.4 Å². The van der Waals surface area contributed by atoms with Gasteiger partial charge in [-0.25, -0.2) is 0 Å². The Morgan fingerprint density at radius 2 is 1.71 bits per heavy atom. The fraction of sp³-hybridized carbons (Fsp3) is 0.615. The molecular formula is C13H16N4O4. The number of anilines is 1. The molecular weight excluding hydrogens is 276 g/mol. The first-order chi connectivity index (χ1) is 10.3. The number of hydrogen-bond acceptors (Lipinski definition) is 7. The Kier molecular flexibility index (Phi) is 4.03. The number of carbonyl (C=O) groups excluding carboxylic acids is 1. The highest BCUT2D eigenvalue weighted by atomic mass is 16.5. The van der Waals surface area contributed by atoms with Gasteiger partial charge in [-0.3, -0.25) is 4.79 Å². The molecule has 0 radical (unpaired) electrons. The molecule has 2 fully saturated rings. The Bertz CT molecular complexity index is 553. The molecule has 0 saturated carbocycles. The fourth-order valence-corrected chi connectivity index (χ4v) is 2.36. The van der Waals surface area contributed by atoms with E-state index in [9.17, 15) is 10.1 Å². The van der Waals surface area contributed by atoms with Gasteiger partial charge in [0.05, 0.1) is 26.4 Å². The zero-order valence-corrected chi connectivity index (χ0v) is 11.6. The number of hydrogen-bond donors (Lipinski definition) is 0. The molecule has 8 nitrogen and oxygen atoms in total. The molecule has 3 heterocycles. The predicted molar refractivity (Wildman–Crippen MR) is 71.0 cm³/mol.